The van der Waals surface area contributed by atoms with Crippen molar-refractivity contribution in [3.8, 4) is 6.07 Å². The number of ether oxygens (including phenoxy) is 2. The van der Waals surface area contributed by atoms with Crippen molar-refractivity contribution in [3.05, 3.63) is 0 Å². The molecule has 0 saturated carbocycles. The standard InChI is InChI=1S/C13H19NO4/c1-6-12(2,3)11(16)17-9-8(7-14)13(4,5)18-10(9)15/h8-9H,6H2,1-5H3. The summed E-state index contributed by atoms with van der Waals surface area (Å²) < 4.78 is 10.3. The van der Waals surface area contributed by atoms with Crippen LogP contribution in [0.3, 0.4) is 0 Å². The van der Waals surface area contributed by atoms with E-state index >= 15 is 0 Å². The third-order valence-corrected chi connectivity index (χ3v) is 3.46. The van der Waals surface area contributed by atoms with Gasteiger partial charge in [0.15, 0.2) is 0 Å². The molecule has 0 aromatic carbocycles. The molecule has 1 heterocycles. The highest BCUT2D eigenvalue weighted by Gasteiger charge is 2.53. The van der Waals surface area contributed by atoms with E-state index in [9.17, 15) is 9.59 Å². The molecule has 18 heavy (non-hydrogen) atoms. The van der Waals surface area contributed by atoms with Gasteiger partial charge in [0.2, 0.25) is 6.10 Å². The van der Waals surface area contributed by atoms with Crippen molar-refractivity contribution < 1.29 is 19.1 Å². The van der Waals surface area contributed by atoms with Crippen LogP contribution in [0.1, 0.15) is 41.0 Å². The third kappa shape index (κ3) is 2.47. The first-order valence-electron chi connectivity index (χ1n) is 5.99. The van der Waals surface area contributed by atoms with Gasteiger partial charge in [-0.25, -0.2) is 4.79 Å². The topological polar surface area (TPSA) is 76.4 Å². The molecule has 0 aliphatic carbocycles. The zero-order valence-electron chi connectivity index (χ0n) is 11.4. The molecule has 5 nitrogen and oxygen atoms in total. The van der Waals surface area contributed by atoms with Crippen LogP contribution in [-0.2, 0) is 19.1 Å². The first kappa shape index (κ1) is 14.5. The van der Waals surface area contributed by atoms with Gasteiger partial charge in [0, 0.05) is 0 Å². The average Bonchev–Trinajstić information content (AvgIpc) is 2.48. The van der Waals surface area contributed by atoms with Gasteiger partial charge < -0.3 is 9.47 Å². The Morgan fingerprint density at radius 1 is 1.56 bits per heavy atom. The molecule has 0 amide bonds. The number of nitrogens with zero attached hydrogens (tertiary/aromatic N) is 1. The van der Waals surface area contributed by atoms with Crippen LogP contribution in [0.4, 0.5) is 0 Å². The summed E-state index contributed by atoms with van der Waals surface area (Å²) in [6.45, 7) is 8.61. The van der Waals surface area contributed by atoms with E-state index in [4.69, 9.17) is 14.7 Å². The number of cyclic esters (lactones) is 1. The summed E-state index contributed by atoms with van der Waals surface area (Å²) in [5.74, 6) is -1.90. The molecule has 0 radical (unpaired) electrons. The highest BCUT2D eigenvalue weighted by Crippen LogP contribution is 2.35. The number of rotatable bonds is 3. The van der Waals surface area contributed by atoms with Crippen LogP contribution in [-0.4, -0.2) is 23.6 Å². The molecule has 1 aliphatic rings. The van der Waals surface area contributed by atoms with Crippen molar-refractivity contribution in [2.75, 3.05) is 0 Å². The fraction of sp³-hybridized carbons (Fsp3) is 0.769. The summed E-state index contributed by atoms with van der Waals surface area (Å²) in [6, 6.07) is 1.99. The maximum absolute atomic E-state index is 11.9. The predicted molar refractivity (Wildman–Crippen MR) is 63.2 cm³/mol. The molecular weight excluding hydrogens is 234 g/mol. The van der Waals surface area contributed by atoms with Crippen LogP contribution in [0.2, 0.25) is 0 Å². The average molecular weight is 253 g/mol. The van der Waals surface area contributed by atoms with Crippen LogP contribution in [0.15, 0.2) is 0 Å². The zero-order valence-corrected chi connectivity index (χ0v) is 11.4. The first-order chi connectivity index (χ1) is 8.15. The van der Waals surface area contributed by atoms with E-state index in [-0.39, 0.29) is 0 Å². The molecule has 2 atom stereocenters. The normalized spacial score (nSPS) is 26.3. The highest BCUT2D eigenvalue weighted by atomic mass is 16.6. The smallest absolute Gasteiger partial charge is 0.349 e. The Bertz CT molecular complexity index is 406. The lowest BCUT2D eigenvalue weighted by Gasteiger charge is -2.24. The second-order valence-corrected chi connectivity index (χ2v) is 5.69. The fourth-order valence-electron chi connectivity index (χ4n) is 1.64. The van der Waals surface area contributed by atoms with Crippen LogP contribution >= 0.6 is 0 Å². The second-order valence-electron chi connectivity index (χ2n) is 5.69. The highest BCUT2D eigenvalue weighted by molar-refractivity contribution is 5.84. The minimum Gasteiger partial charge on any atom is -0.455 e. The van der Waals surface area contributed by atoms with E-state index in [1.165, 1.54) is 0 Å². The second kappa shape index (κ2) is 4.60. The largest absolute Gasteiger partial charge is 0.455 e. The Morgan fingerprint density at radius 2 is 2.11 bits per heavy atom. The van der Waals surface area contributed by atoms with Crippen molar-refractivity contribution in [3.63, 3.8) is 0 Å². The Kier molecular flexibility index (Phi) is 3.70. The minimum absolute atomic E-state index is 0.482. The van der Waals surface area contributed by atoms with Gasteiger partial charge >= 0.3 is 11.9 Å². The Labute approximate surface area is 107 Å². The van der Waals surface area contributed by atoms with E-state index < -0.39 is 35.0 Å². The van der Waals surface area contributed by atoms with Gasteiger partial charge in [0.1, 0.15) is 11.5 Å². The molecule has 0 N–H and O–H groups in total. The number of hydrogen-bond donors (Lipinski definition) is 0. The lowest BCUT2D eigenvalue weighted by molar-refractivity contribution is -0.168. The minimum atomic E-state index is -1.12. The number of esters is 2. The van der Waals surface area contributed by atoms with Crippen molar-refractivity contribution in [2.24, 2.45) is 11.3 Å². The molecule has 0 aromatic rings. The molecule has 0 bridgehead atoms. The van der Waals surface area contributed by atoms with E-state index in [0.717, 1.165) is 0 Å². The summed E-state index contributed by atoms with van der Waals surface area (Å²) in [5, 5.41) is 9.09. The quantitative estimate of drug-likeness (QED) is 0.717. The van der Waals surface area contributed by atoms with Crippen molar-refractivity contribution in [1.29, 1.82) is 5.26 Å². The molecule has 1 fully saturated rings. The Morgan fingerprint density at radius 3 is 2.56 bits per heavy atom. The SMILES string of the molecule is CCC(C)(C)C(=O)OC1C(=O)OC(C)(C)C1C#N. The van der Waals surface area contributed by atoms with Crippen molar-refractivity contribution >= 4 is 11.9 Å². The molecule has 1 aliphatic heterocycles. The number of carbonyl (C=O) groups excluding carboxylic acids is 2. The van der Waals surface area contributed by atoms with Gasteiger partial charge in [-0.3, -0.25) is 4.79 Å². The lowest BCUT2D eigenvalue weighted by atomic mass is 9.88. The van der Waals surface area contributed by atoms with Gasteiger partial charge in [-0.15, -0.1) is 0 Å². The van der Waals surface area contributed by atoms with Gasteiger partial charge in [0.25, 0.3) is 0 Å². The number of nitriles is 1. The zero-order chi connectivity index (χ0) is 14.1. The van der Waals surface area contributed by atoms with Gasteiger partial charge in [-0.1, -0.05) is 6.92 Å². The van der Waals surface area contributed by atoms with Crippen molar-refractivity contribution in [2.45, 2.75) is 52.7 Å². The van der Waals surface area contributed by atoms with Crippen LogP contribution in [0, 0.1) is 22.7 Å². The third-order valence-electron chi connectivity index (χ3n) is 3.46. The van der Waals surface area contributed by atoms with E-state index in [1.807, 2.05) is 13.0 Å². The summed E-state index contributed by atoms with van der Waals surface area (Å²) >= 11 is 0. The fourth-order valence-corrected chi connectivity index (χ4v) is 1.64. The van der Waals surface area contributed by atoms with Crippen LogP contribution < -0.4 is 0 Å². The molecule has 2 unspecified atom stereocenters. The molecule has 5 heteroatoms. The summed E-state index contributed by atoms with van der Waals surface area (Å²) in [5.41, 5.74) is -1.60. The van der Waals surface area contributed by atoms with Crippen molar-refractivity contribution in [1.82, 2.24) is 0 Å². The summed E-state index contributed by atoms with van der Waals surface area (Å²) in [6.07, 6.45) is -0.530. The van der Waals surface area contributed by atoms with Gasteiger partial charge in [-0.05, 0) is 34.1 Å². The summed E-state index contributed by atoms with van der Waals surface area (Å²) in [4.78, 5) is 23.6. The molecule has 1 saturated heterocycles. The van der Waals surface area contributed by atoms with Gasteiger partial charge in [-0.2, -0.15) is 5.26 Å². The molecule has 0 spiro atoms. The van der Waals surface area contributed by atoms with Crippen LogP contribution in [0.5, 0.6) is 0 Å². The maximum atomic E-state index is 11.9. The first-order valence-corrected chi connectivity index (χ1v) is 5.99. The predicted octanol–water partition coefficient (Wildman–Crippen LogP) is 1.81. The molecule has 1 rings (SSSR count). The summed E-state index contributed by atoms with van der Waals surface area (Å²) in [7, 11) is 0. The monoisotopic (exact) mass is 253 g/mol. The molecule has 100 valence electrons. The number of hydrogen-bond acceptors (Lipinski definition) is 5. The van der Waals surface area contributed by atoms with Crippen LogP contribution in [0.25, 0.3) is 0 Å². The maximum Gasteiger partial charge on any atom is 0.349 e. The molecular formula is C13H19NO4. The van der Waals surface area contributed by atoms with E-state index in [2.05, 4.69) is 0 Å². The molecule has 0 aromatic heterocycles. The lowest BCUT2D eigenvalue weighted by Crippen LogP contribution is -2.37. The van der Waals surface area contributed by atoms with E-state index in [0.29, 0.717) is 6.42 Å². The Hall–Kier alpha value is -1.57. The van der Waals surface area contributed by atoms with Gasteiger partial charge in [0.05, 0.1) is 11.5 Å². The van der Waals surface area contributed by atoms with E-state index in [1.54, 1.807) is 27.7 Å². The Balaban J connectivity index is 2.88. The number of carbonyl (C=O) groups is 2.